The molecule has 0 amide bonds. The Balaban J connectivity index is 3.60. The molecule has 0 heterocycles. The summed E-state index contributed by atoms with van der Waals surface area (Å²) in [5.41, 5.74) is 0. The van der Waals surface area contributed by atoms with E-state index in [1.807, 2.05) is 0 Å². The van der Waals surface area contributed by atoms with Crippen LogP contribution in [-0.4, -0.2) is 4.26 Å². The molecule has 0 nitrogen and oxygen atoms in total. The second-order valence-electron chi connectivity index (χ2n) is 0.309. The zero-order chi connectivity index (χ0) is 4.28. The van der Waals surface area contributed by atoms with Gasteiger partial charge in [-0.1, -0.05) is 0 Å². The van der Waals surface area contributed by atoms with E-state index in [2.05, 4.69) is 10.8 Å². The molecule has 0 spiro atoms. The Labute approximate surface area is 43.9 Å². The maximum atomic E-state index is 5.20. The van der Waals surface area contributed by atoms with Crippen molar-refractivity contribution in [2.75, 3.05) is 0 Å². The summed E-state index contributed by atoms with van der Waals surface area (Å²) in [6.45, 7) is 3.24. The molecule has 0 rings (SSSR count). The Bertz CT molecular complexity index is 67.7. The van der Waals surface area contributed by atoms with E-state index < -0.39 is 13.5 Å². The van der Waals surface area contributed by atoms with Gasteiger partial charge >= 0.3 is 43.7 Å². The molecule has 0 unspecified atom stereocenters. The van der Waals surface area contributed by atoms with Crippen molar-refractivity contribution >= 4 is 23.6 Å². The van der Waals surface area contributed by atoms with Gasteiger partial charge < -0.3 is 0 Å². The molecule has 0 N–H and O–H groups in total. The molecule has 0 saturated carbocycles. The van der Waals surface area contributed by atoms with Crippen LogP contribution in [0.15, 0.2) is 6.58 Å². The van der Waals surface area contributed by atoms with Gasteiger partial charge in [-0.2, -0.15) is 0 Å². The molecule has 0 atom stereocenters. The molecule has 0 aromatic heterocycles. The summed E-state index contributed by atoms with van der Waals surface area (Å²) in [4.78, 5) is 0. The van der Waals surface area contributed by atoms with Gasteiger partial charge in [-0.15, -0.1) is 0 Å². The van der Waals surface area contributed by atoms with E-state index in [9.17, 15) is 0 Å². The average Bonchev–Trinajstić information content (AvgIpc) is 1.38. The summed E-state index contributed by atoms with van der Waals surface area (Å²) in [5.74, 6) is 0. The van der Waals surface area contributed by atoms with Crippen molar-refractivity contribution in [3.8, 4) is 0 Å². The maximum absolute atomic E-state index is 5.20. The standard InChI is InChI=1S/C2H2.2ClH.Ru/c1-2;;;/h1H2;2*1H;/q;;;+2/p-2. The third-order valence-corrected chi connectivity index (χ3v) is 1.68. The Hall–Kier alpha value is 0.853. The van der Waals surface area contributed by atoms with E-state index in [-0.39, 0.29) is 0 Å². The van der Waals surface area contributed by atoms with E-state index >= 15 is 0 Å². The molecular weight excluding hydrogens is 196 g/mol. The van der Waals surface area contributed by atoms with Crippen molar-refractivity contribution in [3.05, 3.63) is 6.58 Å². The summed E-state index contributed by atoms with van der Waals surface area (Å²) in [6.07, 6.45) is 0. The third-order valence-electron chi connectivity index (χ3n) is 0.0945. The Morgan fingerprint density at radius 1 is 1.60 bits per heavy atom. The molecule has 0 aliphatic rings. The van der Waals surface area contributed by atoms with E-state index in [4.69, 9.17) is 19.4 Å². The molecule has 0 bridgehead atoms. The molecule has 5 heavy (non-hydrogen) atoms. The minimum atomic E-state index is -1.60. The van der Waals surface area contributed by atoms with Crippen LogP contribution < -0.4 is 0 Å². The van der Waals surface area contributed by atoms with Gasteiger partial charge in [0.05, 0.1) is 0 Å². The molecule has 0 fully saturated rings. The molecule has 0 aliphatic carbocycles. The normalized spacial score (nSPS) is 9.60. The van der Waals surface area contributed by atoms with Crippen molar-refractivity contribution in [2.24, 2.45) is 0 Å². The fraction of sp³-hybridized carbons (Fsp3) is 0. The van der Waals surface area contributed by atoms with Gasteiger partial charge in [0.15, 0.2) is 0 Å². The van der Waals surface area contributed by atoms with E-state index in [1.54, 1.807) is 0 Å². The van der Waals surface area contributed by atoms with Crippen LogP contribution >= 0.6 is 19.4 Å². The molecule has 3 heteroatoms. The molecule has 0 aromatic carbocycles. The summed E-state index contributed by atoms with van der Waals surface area (Å²) in [5, 5.41) is 0. The molecule has 0 radical (unpaired) electrons. The number of hydrogen-bond acceptors (Lipinski definition) is 0. The van der Waals surface area contributed by atoms with Crippen molar-refractivity contribution in [1.29, 1.82) is 0 Å². The first-order chi connectivity index (χ1) is 2.27. The monoisotopic (exact) mass is 198 g/mol. The summed E-state index contributed by atoms with van der Waals surface area (Å²) in [6, 6.07) is 0. The Morgan fingerprint density at radius 2 is 1.80 bits per heavy atom. The molecule has 32 valence electrons. The van der Waals surface area contributed by atoms with Gasteiger partial charge in [-0.05, 0) is 0 Å². The van der Waals surface area contributed by atoms with E-state index in [1.165, 1.54) is 0 Å². The van der Waals surface area contributed by atoms with Crippen LogP contribution in [0.3, 0.4) is 0 Å². The quantitative estimate of drug-likeness (QED) is 0.517. The van der Waals surface area contributed by atoms with Crippen LogP contribution in [0.25, 0.3) is 0 Å². The van der Waals surface area contributed by atoms with Gasteiger partial charge in [0.1, 0.15) is 0 Å². The van der Waals surface area contributed by atoms with E-state index in [0.29, 0.717) is 0 Å². The van der Waals surface area contributed by atoms with Crippen LogP contribution in [0.5, 0.6) is 0 Å². The van der Waals surface area contributed by atoms with Crippen molar-refractivity contribution in [2.45, 2.75) is 0 Å². The molecule has 0 aromatic rings. The first-order valence-corrected chi connectivity index (χ1v) is 6.14. The second kappa shape index (κ2) is 3.06. The number of rotatable bonds is 0. The predicted molar refractivity (Wildman–Crippen MR) is 22.3 cm³/mol. The van der Waals surface area contributed by atoms with Crippen molar-refractivity contribution in [3.63, 3.8) is 0 Å². The number of halogens is 2. The predicted octanol–water partition coefficient (Wildman–Crippen LogP) is 1.50. The molecule has 0 saturated heterocycles. The van der Waals surface area contributed by atoms with Crippen molar-refractivity contribution < 1.29 is 13.5 Å². The van der Waals surface area contributed by atoms with Crippen LogP contribution in [0.2, 0.25) is 0 Å². The summed E-state index contributed by atoms with van der Waals surface area (Å²) >= 11 is -1.60. The van der Waals surface area contributed by atoms with Gasteiger partial charge in [-0.25, -0.2) is 0 Å². The Kier molecular flexibility index (Phi) is 3.58. The third kappa shape index (κ3) is 4.85. The minimum absolute atomic E-state index is 1.60. The molecule has 0 aliphatic heterocycles. The van der Waals surface area contributed by atoms with Crippen molar-refractivity contribution in [1.82, 2.24) is 0 Å². The zero-order valence-electron chi connectivity index (χ0n) is 2.32. The fourth-order valence-electron chi connectivity index (χ4n) is 0. The van der Waals surface area contributed by atoms with Crippen LogP contribution in [0.4, 0.5) is 0 Å². The Morgan fingerprint density at radius 3 is 1.80 bits per heavy atom. The second-order valence-corrected chi connectivity index (χ2v) is 5.80. The fourth-order valence-corrected chi connectivity index (χ4v) is 0. The SMILES string of the molecule is C=[C]=[Ru]([Cl])[Cl]. The summed E-state index contributed by atoms with van der Waals surface area (Å²) < 4.78 is 2.45. The first kappa shape index (κ1) is 5.85. The topological polar surface area (TPSA) is 0 Å². The average molecular weight is 198 g/mol. The van der Waals surface area contributed by atoms with Gasteiger partial charge in [0.2, 0.25) is 0 Å². The number of hydrogen-bond donors (Lipinski definition) is 0. The van der Waals surface area contributed by atoms with Gasteiger partial charge in [0.25, 0.3) is 0 Å². The van der Waals surface area contributed by atoms with Gasteiger partial charge in [0, 0.05) is 0 Å². The first-order valence-electron chi connectivity index (χ1n) is 0.798. The zero-order valence-corrected chi connectivity index (χ0v) is 5.57. The molecular formula is C2H2Cl2Ru. The van der Waals surface area contributed by atoms with Crippen LogP contribution in [0.1, 0.15) is 0 Å². The van der Waals surface area contributed by atoms with Crippen LogP contribution in [0, 0.1) is 0 Å². The van der Waals surface area contributed by atoms with E-state index in [0.717, 1.165) is 0 Å². The van der Waals surface area contributed by atoms with Gasteiger partial charge in [-0.3, -0.25) is 0 Å². The van der Waals surface area contributed by atoms with Crippen LogP contribution in [-0.2, 0) is 13.5 Å². The summed E-state index contributed by atoms with van der Waals surface area (Å²) in [7, 11) is 10.4.